The molecule has 0 saturated heterocycles. The summed E-state index contributed by atoms with van der Waals surface area (Å²) in [4.78, 5) is 26.7. The van der Waals surface area contributed by atoms with E-state index in [0.717, 1.165) is 22.4 Å². The van der Waals surface area contributed by atoms with Gasteiger partial charge >= 0.3 is 12.2 Å². The first-order chi connectivity index (χ1) is 18.5. The maximum absolute atomic E-state index is 13.3. The molecular formula is C27H25F3N6O3. The molecule has 1 saturated carbocycles. The predicted octanol–water partition coefficient (Wildman–Crippen LogP) is 4.66. The zero-order valence-corrected chi connectivity index (χ0v) is 21.7. The number of anilines is 1. The van der Waals surface area contributed by atoms with E-state index in [9.17, 15) is 18.0 Å². The Morgan fingerprint density at radius 1 is 1.10 bits per heavy atom. The van der Waals surface area contributed by atoms with Crippen LogP contribution in [-0.2, 0) is 10.2 Å². The smallest absolute Gasteiger partial charge is 0.406 e. The van der Waals surface area contributed by atoms with Gasteiger partial charge in [-0.1, -0.05) is 12.1 Å². The van der Waals surface area contributed by atoms with Crippen LogP contribution in [0.2, 0.25) is 0 Å². The van der Waals surface area contributed by atoms with Gasteiger partial charge in [-0.15, -0.1) is 0 Å². The van der Waals surface area contributed by atoms with Crippen LogP contribution < -0.4 is 14.4 Å². The highest BCUT2D eigenvalue weighted by molar-refractivity contribution is 6.07. The molecule has 0 unspecified atom stereocenters. The molecule has 1 amide bonds. The number of imidazole rings is 1. The van der Waals surface area contributed by atoms with Crippen molar-refractivity contribution in [3.05, 3.63) is 59.5 Å². The van der Waals surface area contributed by atoms with Crippen LogP contribution in [0.1, 0.15) is 48.8 Å². The van der Waals surface area contributed by atoms with Crippen LogP contribution in [0.25, 0.3) is 16.9 Å². The number of alkyl halides is 3. The third-order valence-corrected chi connectivity index (χ3v) is 7.49. The number of carbonyl (C=O) groups excluding carboxylic acids is 1. The largest absolute Gasteiger partial charge is 0.480 e. The van der Waals surface area contributed by atoms with E-state index in [2.05, 4.69) is 20.1 Å². The van der Waals surface area contributed by atoms with E-state index in [-0.39, 0.29) is 17.8 Å². The lowest BCUT2D eigenvalue weighted by Gasteiger charge is -2.21. The highest BCUT2D eigenvalue weighted by atomic mass is 19.4. The zero-order chi connectivity index (χ0) is 27.7. The topological polar surface area (TPSA) is 94.7 Å². The Morgan fingerprint density at radius 3 is 2.62 bits per heavy atom. The minimum absolute atomic E-state index is 0.0478. The summed E-state index contributed by atoms with van der Waals surface area (Å²) in [5, 5.41) is 4.66. The van der Waals surface area contributed by atoms with Gasteiger partial charge in [0.05, 0.1) is 30.9 Å². The van der Waals surface area contributed by atoms with E-state index in [1.165, 1.54) is 14.2 Å². The monoisotopic (exact) mass is 538 g/mol. The second-order valence-electron chi connectivity index (χ2n) is 10.3. The van der Waals surface area contributed by atoms with Crippen LogP contribution in [0.5, 0.6) is 11.9 Å². The van der Waals surface area contributed by atoms with Gasteiger partial charge in [-0.2, -0.15) is 23.3 Å². The van der Waals surface area contributed by atoms with Gasteiger partial charge in [-0.3, -0.25) is 4.79 Å². The summed E-state index contributed by atoms with van der Waals surface area (Å²) in [5.41, 5.74) is 3.58. The van der Waals surface area contributed by atoms with Gasteiger partial charge in [0.1, 0.15) is 6.54 Å². The average Bonchev–Trinajstić information content (AvgIpc) is 3.52. The summed E-state index contributed by atoms with van der Waals surface area (Å²) in [5.74, 6) is -0.136. The van der Waals surface area contributed by atoms with Crippen molar-refractivity contribution in [3.63, 3.8) is 0 Å². The van der Waals surface area contributed by atoms with E-state index in [0.29, 0.717) is 34.0 Å². The molecule has 0 bridgehead atoms. The summed E-state index contributed by atoms with van der Waals surface area (Å²) < 4.78 is 52.2. The fraction of sp³-hybridized carbons (Fsp3) is 0.370. The van der Waals surface area contributed by atoms with E-state index in [1.54, 1.807) is 49.1 Å². The van der Waals surface area contributed by atoms with Crippen molar-refractivity contribution in [2.24, 2.45) is 0 Å². The van der Waals surface area contributed by atoms with E-state index >= 15 is 0 Å². The molecule has 1 aliphatic heterocycles. The first-order valence-electron chi connectivity index (χ1n) is 12.3. The second-order valence-corrected chi connectivity index (χ2v) is 10.3. The maximum Gasteiger partial charge on any atom is 0.406 e. The van der Waals surface area contributed by atoms with Gasteiger partial charge < -0.3 is 14.4 Å². The van der Waals surface area contributed by atoms with Crippen molar-refractivity contribution in [1.82, 2.24) is 24.6 Å². The zero-order valence-electron chi connectivity index (χ0n) is 21.7. The molecule has 1 aliphatic carbocycles. The molecule has 0 spiro atoms. The summed E-state index contributed by atoms with van der Waals surface area (Å²) in [6, 6.07) is 7.54. The maximum atomic E-state index is 13.3. The van der Waals surface area contributed by atoms with Crippen molar-refractivity contribution in [1.29, 1.82) is 0 Å². The van der Waals surface area contributed by atoms with Crippen LogP contribution in [0, 0.1) is 0 Å². The number of hydrogen-bond acceptors (Lipinski definition) is 7. The number of benzene rings is 1. The lowest BCUT2D eigenvalue weighted by atomic mass is 9.85. The van der Waals surface area contributed by atoms with Gasteiger partial charge in [0.25, 0.3) is 0 Å². The molecule has 39 heavy (non-hydrogen) atoms. The van der Waals surface area contributed by atoms with E-state index < -0.39 is 24.0 Å². The van der Waals surface area contributed by atoms with Gasteiger partial charge in [0, 0.05) is 29.8 Å². The van der Waals surface area contributed by atoms with Crippen LogP contribution >= 0.6 is 0 Å². The molecule has 4 aromatic rings. The molecule has 9 nitrogen and oxygen atoms in total. The highest BCUT2D eigenvalue weighted by Crippen LogP contribution is 2.57. The third kappa shape index (κ3) is 4.14. The Bertz CT molecular complexity index is 1620. The van der Waals surface area contributed by atoms with Crippen LogP contribution in [0.15, 0.2) is 42.9 Å². The highest BCUT2D eigenvalue weighted by Gasteiger charge is 2.49. The van der Waals surface area contributed by atoms with E-state index in [1.807, 2.05) is 12.1 Å². The predicted molar refractivity (Wildman–Crippen MR) is 135 cm³/mol. The Balaban J connectivity index is 1.37. The fourth-order valence-corrected chi connectivity index (χ4v) is 5.46. The van der Waals surface area contributed by atoms with Crippen LogP contribution in [0.3, 0.4) is 0 Å². The number of amides is 1. The molecule has 12 heteroatoms. The van der Waals surface area contributed by atoms with Crippen LogP contribution in [0.4, 0.5) is 18.9 Å². The average molecular weight is 539 g/mol. The van der Waals surface area contributed by atoms with Gasteiger partial charge in [0.15, 0.2) is 5.65 Å². The number of aromatic nitrogens is 5. The van der Waals surface area contributed by atoms with Gasteiger partial charge in [-0.05, 0) is 55.4 Å². The second kappa shape index (κ2) is 8.65. The third-order valence-electron chi connectivity index (χ3n) is 7.49. The molecule has 0 radical (unpaired) electrons. The van der Waals surface area contributed by atoms with E-state index in [4.69, 9.17) is 9.47 Å². The summed E-state index contributed by atoms with van der Waals surface area (Å²) >= 11 is 0. The lowest BCUT2D eigenvalue weighted by molar-refractivity contribution is -0.134. The van der Waals surface area contributed by atoms with Crippen molar-refractivity contribution < 1.29 is 27.4 Å². The molecule has 3 aromatic heterocycles. The number of carbonyl (C=O) groups is 1. The van der Waals surface area contributed by atoms with Crippen molar-refractivity contribution in [3.8, 4) is 23.1 Å². The molecule has 0 N–H and O–H groups in total. The molecule has 1 fully saturated rings. The quantitative estimate of drug-likeness (QED) is 0.352. The molecule has 1 aromatic carbocycles. The molecule has 4 heterocycles. The number of halogens is 3. The normalized spacial score (nSPS) is 19.9. The number of rotatable bonds is 6. The lowest BCUT2D eigenvalue weighted by Crippen LogP contribution is -2.41. The minimum atomic E-state index is -4.50. The number of hydrogen-bond donors (Lipinski definition) is 0. The number of ether oxygens (including phenoxy) is 2. The van der Waals surface area contributed by atoms with Crippen molar-refractivity contribution in [2.45, 2.75) is 43.7 Å². The summed E-state index contributed by atoms with van der Waals surface area (Å²) in [7, 11) is 2.97. The molecule has 2 atom stereocenters. The van der Waals surface area contributed by atoms with Crippen LogP contribution in [-0.4, -0.2) is 57.4 Å². The fourth-order valence-electron chi connectivity index (χ4n) is 5.46. The number of fused-ring (bicyclic) bond motifs is 2. The first-order valence-corrected chi connectivity index (χ1v) is 12.3. The van der Waals surface area contributed by atoms with Crippen molar-refractivity contribution in [2.75, 3.05) is 25.7 Å². The standard InChI is InChI=1S/C27H25F3N6O3/c1-26(2)19-6-5-14(9-21(19)35(24(26)37)13-27(28,29)30)15-10-16(15)17-11-20(34-36-8-7-31-22(17)36)18-12-32-25(39-4)33-23(18)38-3/h5-9,11-12,15-16H,10,13H2,1-4H3/t15-,16+/m1/s1. The molecule has 202 valence electrons. The Labute approximate surface area is 221 Å². The van der Waals surface area contributed by atoms with Gasteiger partial charge in [0.2, 0.25) is 11.8 Å². The van der Waals surface area contributed by atoms with Gasteiger partial charge in [-0.25, -0.2) is 14.5 Å². The summed E-state index contributed by atoms with van der Waals surface area (Å²) in [6.07, 6.45) is 1.26. The molecule has 6 rings (SSSR count). The Kier molecular flexibility index (Phi) is 5.56. The summed E-state index contributed by atoms with van der Waals surface area (Å²) in [6.45, 7) is 2.01. The molecular weight excluding hydrogens is 513 g/mol. The Hall–Kier alpha value is -4.22. The first kappa shape index (κ1) is 25.1. The Morgan fingerprint density at radius 2 is 1.90 bits per heavy atom. The minimum Gasteiger partial charge on any atom is -0.480 e. The number of nitrogens with zero attached hydrogens (tertiary/aromatic N) is 6. The molecule has 2 aliphatic rings. The SMILES string of the molecule is COc1ncc(-c2cc([C@H]3C[C@@H]3c3ccc4c(c3)N(CC(F)(F)F)C(=O)C4(C)C)c3nccn3n2)c(OC)n1. The number of methoxy groups -OCH3 is 2. The van der Waals surface area contributed by atoms with Crippen molar-refractivity contribution >= 4 is 17.2 Å².